The van der Waals surface area contributed by atoms with Gasteiger partial charge in [0.05, 0.1) is 14.2 Å². The molecule has 3 aromatic rings. The van der Waals surface area contributed by atoms with E-state index in [0.717, 1.165) is 12.8 Å². The van der Waals surface area contributed by atoms with Crippen molar-refractivity contribution in [3.63, 3.8) is 0 Å². The molecule has 11 heteroatoms. The third kappa shape index (κ3) is 4.64. The molecule has 1 fully saturated rings. The van der Waals surface area contributed by atoms with Crippen LogP contribution in [0.15, 0.2) is 42.5 Å². The first-order valence-electron chi connectivity index (χ1n) is 10.4. The van der Waals surface area contributed by atoms with E-state index in [9.17, 15) is 8.42 Å². The van der Waals surface area contributed by atoms with Gasteiger partial charge in [0.1, 0.15) is 28.5 Å². The number of rotatable bonds is 8. The molecule has 1 aliphatic rings. The van der Waals surface area contributed by atoms with E-state index in [1.807, 2.05) is 0 Å². The van der Waals surface area contributed by atoms with Crippen LogP contribution in [0.4, 0.5) is 5.95 Å². The summed E-state index contributed by atoms with van der Waals surface area (Å²) in [6.45, 7) is 2.17. The van der Waals surface area contributed by atoms with Crippen LogP contribution >= 0.6 is 11.6 Å². The minimum Gasteiger partial charge on any atom is -0.494 e. The first kappa shape index (κ1) is 23.3. The molecule has 176 valence electrons. The highest BCUT2D eigenvalue weighted by Crippen LogP contribution is 2.39. The van der Waals surface area contributed by atoms with Crippen molar-refractivity contribution in [3.05, 3.63) is 58.9 Å². The number of ether oxygens (including phenoxy) is 3. The molecule has 0 aliphatic carbocycles. The van der Waals surface area contributed by atoms with E-state index in [1.165, 1.54) is 14.2 Å². The van der Waals surface area contributed by atoms with E-state index in [0.29, 0.717) is 40.2 Å². The fourth-order valence-corrected chi connectivity index (χ4v) is 5.05. The van der Waals surface area contributed by atoms with Crippen LogP contribution in [-0.4, -0.2) is 44.0 Å². The van der Waals surface area contributed by atoms with Crippen LogP contribution in [-0.2, 0) is 14.8 Å². The third-order valence-electron chi connectivity index (χ3n) is 5.55. The van der Waals surface area contributed by atoms with Gasteiger partial charge in [-0.3, -0.25) is 9.29 Å². The number of aromatic nitrogens is 3. The van der Waals surface area contributed by atoms with Crippen molar-refractivity contribution in [1.82, 2.24) is 14.8 Å². The molecular formula is C22H25ClN4O5S. The molecule has 0 unspecified atom stereocenters. The minimum atomic E-state index is -3.92. The molecule has 1 aliphatic heterocycles. The largest absolute Gasteiger partial charge is 0.494 e. The van der Waals surface area contributed by atoms with Crippen LogP contribution in [0.25, 0.3) is 5.69 Å². The molecule has 33 heavy (non-hydrogen) atoms. The first-order valence-corrected chi connectivity index (χ1v) is 12.3. The van der Waals surface area contributed by atoms with Crippen molar-refractivity contribution in [3.8, 4) is 17.2 Å². The van der Waals surface area contributed by atoms with E-state index < -0.39 is 15.3 Å². The summed E-state index contributed by atoms with van der Waals surface area (Å²) >= 11 is 6.06. The monoisotopic (exact) mass is 492 g/mol. The SMILES string of the molecule is COc1cccc(OC)c1-n1c(NS(=O)(=O)[C@H](C)c2cccc(Cl)c2)nnc1[C@@H]1CCCO1. The zero-order valence-corrected chi connectivity index (χ0v) is 20.1. The van der Waals surface area contributed by atoms with Crippen molar-refractivity contribution in [2.75, 3.05) is 25.5 Å². The molecule has 1 N–H and O–H groups in total. The number of halogens is 1. The van der Waals surface area contributed by atoms with Crippen molar-refractivity contribution in [2.24, 2.45) is 0 Å². The molecule has 1 aromatic heterocycles. The Hall–Kier alpha value is -2.82. The molecule has 0 saturated carbocycles. The average molecular weight is 493 g/mol. The minimum absolute atomic E-state index is 0.0113. The fourth-order valence-electron chi connectivity index (χ4n) is 3.78. The van der Waals surface area contributed by atoms with Crippen molar-refractivity contribution in [1.29, 1.82) is 0 Å². The Morgan fingerprint density at radius 2 is 1.85 bits per heavy atom. The van der Waals surface area contributed by atoms with Crippen molar-refractivity contribution >= 4 is 27.6 Å². The molecule has 1 saturated heterocycles. The van der Waals surface area contributed by atoms with Crippen molar-refractivity contribution in [2.45, 2.75) is 31.1 Å². The second-order valence-corrected chi connectivity index (χ2v) is 10.0. The number of anilines is 1. The number of para-hydroxylation sites is 1. The van der Waals surface area contributed by atoms with Crippen LogP contribution in [0, 0.1) is 0 Å². The van der Waals surface area contributed by atoms with Gasteiger partial charge in [0.15, 0.2) is 5.82 Å². The van der Waals surface area contributed by atoms with Gasteiger partial charge in [0.2, 0.25) is 16.0 Å². The summed E-state index contributed by atoms with van der Waals surface area (Å²) in [5.74, 6) is 1.41. The Balaban J connectivity index is 1.82. The number of sulfonamides is 1. The zero-order chi connectivity index (χ0) is 23.6. The maximum atomic E-state index is 13.3. The zero-order valence-electron chi connectivity index (χ0n) is 18.5. The Labute approximate surface area is 197 Å². The molecule has 0 spiro atoms. The third-order valence-corrected chi connectivity index (χ3v) is 7.45. The average Bonchev–Trinajstić information content (AvgIpc) is 3.47. The Morgan fingerprint density at radius 3 is 2.45 bits per heavy atom. The first-order chi connectivity index (χ1) is 15.9. The van der Waals surface area contributed by atoms with Gasteiger partial charge < -0.3 is 14.2 Å². The highest BCUT2D eigenvalue weighted by atomic mass is 35.5. The summed E-state index contributed by atoms with van der Waals surface area (Å²) in [6, 6.07) is 12.0. The van der Waals surface area contributed by atoms with E-state index in [2.05, 4.69) is 14.9 Å². The lowest BCUT2D eigenvalue weighted by molar-refractivity contribution is 0.103. The maximum Gasteiger partial charge on any atom is 0.243 e. The quantitative estimate of drug-likeness (QED) is 0.500. The molecule has 0 bridgehead atoms. The standard InChI is InChI=1S/C22H25ClN4O5S/c1-14(15-7-4-8-16(23)13-15)33(28,29)26-22-25-24-21(19-11-6-12-32-19)27(22)20-17(30-2)9-5-10-18(20)31-3/h4-5,7-10,13-14,19H,6,11-12H2,1-3H3,(H,25,26)/t14-,19+/m1/s1. The molecule has 4 rings (SSSR count). The van der Waals surface area contributed by atoms with E-state index >= 15 is 0 Å². The topological polar surface area (TPSA) is 105 Å². The van der Waals surface area contributed by atoms with Crippen LogP contribution in [0.3, 0.4) is 0 Å². The van der Waals surface area contributed by atoms with E-state index in [4.69, 9.17) is 25.8 Å². The van der Waals surface area contributed by atoms with E-state index in [-0.39, 0.29) is 12.1 Å². The Bertz CT molecular complexity index is 1220. The van der Waals surface area contributed by atoms with Gasteiger partial charge in [-0.2, -0.15) is 0 Å². The van der Waals surface area contributed by atoms with Crippen molar-refractivity contribution < 1.29 is 22.6 Å². The Morgan fingerprint density at radius 1 is 1.15 bits per heavy atom. The van der Waals surface area contributed by atoms with Gasteiger partial charge in [-0.05, 0) is 49.6 Å². The fraction of sp³-hybridized carbons (Fsp3) is 0.364. The molecule has 2 heterocycles. The van der Waals surface area contributed by atoms with Gasteiger partial charge in [-0.15, -0.1) is 10.2 Å². The summed E-state index contributed by atoms with van der Waals surface area (Å²) in [5.41, 5.74) is 1.03. The van der Waals surface area contributed by atoms with Gasteiger partial charge in [-0.25, -0.2) is 8.42 Å². The summed E-state index contributed by atoms with van der Waals surface area (Å²) in [5, 5.41) is 8.02. The lowest BCUT2D eigenvalue weighted by Crippen LogP contribution is -2.22. The van der Waals surface area contributed by atoms with Crippen LogP contribution in [0.2, 0.25) is 5.02 Å². The highest BCUT2D eigenvalue weighted by Gasteiger charge is 2.32. The maximum absolute atomic E-state index is 13.3. The number of benzene rings is 2. The number of nitrogens with one attached hydrogen (secondary N) is 1. The van der Waals surface area contributed by atoms with Crippen LogP contribution < -0.4 is 14.2 Å². The molecule has 9 nitrogen and oxygen atoms in total. The lowest BCUT2D eigenvalue weighted by atomic mass is 10.2. The number of hydrogen-bond donors (Lipinski definition) is 1. The van der Waals surface area contributed by atoms with Crippen LogP contribution in [0.1, 0.15) is 42.5 Å². The molecule has 0 amide bonds. The lowest BCUT2D eigenvalue weighted by Gasteiger charge is -2.20. The number of nitrogens with zero attached hydrogens (tertiary/aromatic N) is 3. The normalized spacial score (nSPS) is 17.0. The van der Waals surface area contributed by atoms with Gasteiger partial charge in [0.25, 0.3) is 0 Å². The van der Waals surface area contributed by atoms with Gasteiger partial charge in [0, 0.05) is 11.6 Å². The summed E-state index contributed by atoms with van der Waals surface area (Å²) < 4.78 is 47.7. The molecular weight excluding hydrogens is 468 g/mol. The van der Waals surface area contributed by atoms with Gasteiger partial charge >= 0.3 is 0 Å². The Kier molecular flexibility index (Phi) is 6.78. The summed E-state index contributed by atoms with van der Waals surface area (Å²) in [6.07, 6.45) is 1.27. The highest BCUT2D eigenvalue weighted by molar-refractivity contribution is 7.92. The number of methoxy groups -OCH3 is 2. The second kappa shape index (κ2) is 9.58. The molecule has 2 atom stereocenters. The molecule has 0 radical (unpaired) electrons. The summed E-state index contributed by atoms with van der Waals surface area (Å²) in [4.78, 5) is 0. The summed E-state index contributed by atoms with van der Waals surface area (Å²) in [7, 11) is -0.863. The van der Waals surface area contributed by atoms with Gasteiger partial charge in [-0.1, -0.05) is 29.8 Å². The predicted molar refractivity (Wildman–Crippen MR) is 125 cm³/mol. The number of hydrogen-bond acceptors (Lipinski definition) is 7. The second-order valence-electron chi connectivity index (χ2n) is 7.57. The van der Waals surface area contributed by atoms with Crippen LogP contribution in [0.5, 0.6) is 11.5 Å². The smallest absolute Gasteiger partial charge is 0.243 e. The predicted octanol–water partition coefficient (Wildman–Crippen LogP) is 4.29. The van der Waals surface area contributed by atoms with E-state index in [1.54, 1.807) is 54.0 Å². The molecule has 2 aromatic carbocycles.